The van der Waals surface area contributed by atoms with Gasteiger partial charge in [-0.15, -0.1) is 11.3 Å². The summed E-state index contributed by atoms with van der Waals surface area (Å²) in [5.74, 6) is -0.994. The van der Waals surface area contributed by atoms with Crippen LogP contribution in [0.15, 0.2) is 35.8 Å². The van der Waals surface area contributed by atoms with Crippen LogP contribution in [0.2, 0.25) is 0 Å². The maximum atomic E-state index is 11.4. The Bertz CT molecular complexity index is 814. The molecule has 0 atom stereocenters. The first-order chi connectivity index (χ1) is 10.1. The number of carboxylic acid groups (broad SMARTS) is 1. The SMILES string of the molecule is Cc1csc(CNc2c(C(=O)O)cnc3ccccc23)n1. The molecule has 3 aromatic rings. The molecule has 0 spiro atoms. The number of hydrogen-bond donors (Lipinski definition) is 2. The molecule has 6 heteroatoms. The molecule has 3 rings (SSSR count). The average Bonchev–Trinajstić information content (AvgIpc) is 2.90. The largest absolute Gasteiger partial charge is 0.478 e. The normalized spacial score (nSPS) is 10.7. The molecular formula is C15H13N3O2S. The number of aryl methyl sites for hydroxylation is 1. The zero-order valence-electron chi connectivity index (χ0n) is 11.3. The standard InChI is InChI=1S/C15H13N3O2S/c1-9-8-21-13(18-9)7-17-14-10-4-2-3-5-12(10)16-6-11(14)15(19)20/h2-6,8H,7H2,1H3,(H,16,17)(H,19,20). The number of aromatic nitrogens is 2. The van der Waals surface area contributed by atoms with E-state index in [9.17, 15) is 9.90 Å². The Morgan fingerprint density at radius 2 is 2.19 bits per heavy atom. The van der Waals surface area contributed by atoms with Crippen LogP contribution < -0.4 is 5.32 Å². The van der Waals surface area contributed by atoms with Gasteiger partial charge in [-0.05, 0) is 13.0 Å². The van der Waals surface area contributed by atoms with E-state index in [-0.39, 0.29) is 5.56 Å². The zero-order valence-corrected chi connectivity index (χ0v) is 12.1. The predicted molar refractivity (Wildman–Crippen MR) is 82.9 cm³/mol. The first-order valence-electron chi connectivity index (χ1n) is 6.41. The molecule has 0 fully saturated rings. The monoisotopic (exact) mass is 299 g/mol. The number of nitrogens with one attached hydrogen (secondary N) is 1. The summed E-state index contributed by atoms with van der Waals surface area (Å²) in [5.41, 5.74) is 2.48. The number of para-hydroxylation sites is 1. The van der Waals surface area contributed by atoms with Crippen LogP contribution in [0.3, 0.4) is 0 Å². The van der Waals surface area contributed by atoms with Gasteiger partial charge in [0.05, 0.1) is 17.7 Å². The molecule has 0 aliphatic heterocycles. The number of carboxylic acids is 1. The first-order valence-corrected chi connectivity index (χ1v) is 7.29. The Kier molecular flexibility index (Phi) is 3.53. The lowest BCUT2D eigenvalue weighted by Gasteiger charge is -2.11. The van der Waals surface area contributed by atoms with Crippen LogP contribution >= 0.6 is 11.3 Å². The van der Waals surface area contributed by atoms with Crippen LogP contribution in [-0.4, -0.2) is 21.0 Å². The lowest BCUT2D eigenvalue weighted by atomic mass is 10.1. The molecule has 2 aromatic heterocycles. The van der Waals surface area contributed by atoms with Gasteiger partial charge < -0.3 is 10.4 Å². The Balaban J connectivity index is 2.01. The van der Waals surface area contributed by atoms with Gasteiger partial charge in [0.1, 0.15) is 10.6 Å². The molecule has 0 bridgehead atoms. The summed E-state index contributed by atoms with van der Waals surface area (Å²) in [4.78, 5) is 19.9. The number of rotatable bonds is 4. The lowest BCUT2D eigenvalue weighted by molar-refractivity contribution is 0.0697. The van der Waals surface area contributed by atoms with Gasteiger partial charge in [0.2, 0.25) is 0 Å². The number of carbonyl (C=O) groups is 1. The fourth-order valence-corrected chi connectivity index (χ4v) is 2.85. The molecule has 0 amide bonds. The molecule has 21 heavy (non-hydrogen) atoms. The van der Waals surface area contributed by atoms with Crippen LogP contribution in [0.25, 0.3) is 10.9 Å². The van der Waals surface area contributed by atoms with E-state index in [0.717, 1.165) is 21.6 Å². The molecular weight excluding hydrogens is 286 g/mol. The third kappa shape index (κ3) is 2.71. The minimum absolute atomic E-state index is 0.168. The van der Waals surface area contributed by atoms with Gasteiger partial charge in [-0.2, -0.15) is 0 Å². The summed E-state index contributed by atoms with van der Waals surface area (Å²) in [6.45, 7) is 2.43. The second-order valence-electron chi connectivity index (χ2n) is 4.61. The Morgan fingerprint density at radius 1 is 1.38 bits per heavy atom. The van der Waals surface area contributed by atoms with E-state index in [1.54, 1.807) is 11.3 Å². The fourth-order valence-electron chi connectivity index (χ4n) is 2.14. The summed E-state index contributed by atoms with van der Waals surface area (Å²) in [7, 11) is 0. The highest BCUT2D eigenvalue weighted by atomic mass is 32.1. The van der Waals surface area contributed by atoms with E-state index in [4.69, 9.17) is 0 Å². The number of hydrogen-bond acceptors (Lipinski definition) is 5. The van der Waals surface area contributed by atoms with E-state index in [2.05, 4.69) is 15.3 Å². The molecule has 5 nitrogen and oxygen atoms in total. The third-order valence-electron chi connectivity index (χ3n) is 3.09. The Morgan fingerprint density at radius 3 is 2.90 bits per heavy atom. The second-order valence-corrected chi connectivity index (χ2v) is 5.55. The highest BCUT2D eigenvalue weighted by molar-refractivity contribution is 7.09. The number of nitrogens with zero attached hydrogens (tertiary/aromatic N) is 2. The number of benzene rings is 1. The summed E-state index contributed by atoms with van der Waals surface area (Å²) < 4.78 is 0. The second kappa shape index (κ2) is 5.49. The fraction of sp³-hybridized carbons (Fsp3) is 0.133. The van der Waals surface area contributed by atoms with E-state index in [1.165, 1.54) is 6.20 Å². The van der Waals surface area contributed by atoms with Gasteiger partial charge in [0.25, 0.3) is 0 Å². The maximum absolute atomic E-state index is 11.4. The Hall–Kier alpha value is -2.47. The number of aromatic carboxylic acids is 1. The van der Waals surface area contributed by atoms with Crippen molar-refractivity contribution in [1.82, 2.24) is 9.97 Å². The van der Waals surface area contributed by atoms with Crippen molar-refractivity contribution in [3.63, 3.8) is 0 Å². The van der Waals surface area contributed by atoms with Crippen molar-refractivity contribution < 1.29 is 9.90 Å². The molecule has 106 valence electrons. The minimum atomic E-state index is -0.994. The summed E-state index contributed by atoms with van der Waals surface area (Å²) in [5, 5.41) is 16.2. The summed E-state index contributed by atoms with van der Waals surface area (Å²) >= 11 is 1.55. The third-order valence-corrected chi connectivity index (χ3v) is 4.06. The summed E-state index contributed by atoms with van der Waals surface area (Å²) in [6, 6.07) is 7.47. The highest BCUT2D eigenvalue weighted by Crippen LogP contribution is 2.26. The van der Waals surface area contributed by atoms with E-state index in [1.807, 2.05) is 36.6 Å². The van der Waals surface area contributed by atoms with Crippen molar-refractivity contribution in [2.75, 3.05) is 5.32 Å². The van der Waals surface area contributed by atoms with Crippen LogP contribution in [0.5, 0.6) is 0 Å². The number of pyridine rings is 1. The molecule has 0 aliphatic carbocycles. The summed E-state index contributed by atoms with van der Waals surface area (Å²) in [6.07, 6.45) is 1.39. The van der Waals surface area contributed by atoms with Crippen molar-refractivity contribution >= 4 is 33.9 Å². The van der Waals surface area contributed by atoms with Crippen LogP contribution in [0.1, 0.15) is 21.1 Å². The Labute approximate surface area is 125 Å². The predicted octanol–water partition coefficient (Wildman–Crippen LogP) is 3.31. The van der Waals surface area contributed by atoms with E-state index < -0.39 is 5.97 Å². The van der Waals surface area contributed by atoms with Crippen LogP contribution in [0.4, 0.5) is 5.69 Å². The number of fused-ring (bicyclic) bond motifs is 1. The molecule has 0 aliphatic rings. The molecule has 2 heterocycles. The van der Waals surface area contributed by atoms with E-state index in [0.29, 0.717) is 12.2 Å². The average molecular weight is 299 g/mol. The first kappa shape index (κ1) is 13.5. The smallest absolute Gasteiger partial charge is 0.339 e. The molecule has 0 saturated carbocycles. The van der Waals surface area contributed by atoms with Gasteiger partial charge in [0, 0.05) is 22.7 Å². The topological polar surface area (TPSA) is 75.1 Å². The van der Waals surface area contributed by atoms with Crippen LogP contribution in [0, 0.1) is 6.92 Å². The van der Waals surface area contributed by atoms with Crippen molar-refractivity contribution in [3.05, 3.63) is 52.1 Å². The lowest BCUT2D eigenvalue weighted by Crippen LogP contribution is -2.08. The molecule has 0 radical (unpaired) electrons. The van der Waals surface area contributed by atoms with Crippen molar-refractivity contribution in [2.24, 2.45) is 0 Å². The van der Waals surface area contributed by atoms with Gasteiger partial charge in [-0.1, -0.05) is 18.2 Å². The van der Waals surface area contributed by atoms with Gasteiger partial charge in [-0.3, -0.25) is 4.98 Å². The quantitative estimate of drug-likeness (QED) is 0.773. The minimum Gasteiger partial charge on any atom is -0.478 e. The van der Waals surface area contributed by atoms with Gasteiger partial charge in [0.15, 0.2) is 0 Å². The van der Waals surface area contributed by atoms with Crippen molar-refractivity contribution in [2.45, 2.75) is 13.5 Å². The number of anilines is 1. The molecule has 0 saturated heterocycles. The molecule has 1 aromatic carbocycles. The highest BCUT2D eigenvalue weighted by Gasteiger charge is 2.14. The van der Waals surface area contributed by atoms with Crippen molar-refractivity contribution in [3.8, 4) is 0 Å². The molecule has 2 N–H and O–H groups in total. The zero-order chi connectivity index (χ0) is 14.8. The van der Waals surface area contributed by atoms with E-state index >= 15 is 0 Å². The van der Waals surface area contributed by atoms with Crippen molar-refractivity contribution in [1.29, 1.82) is 0 Å². The molecule has 0 unspecified atom stereocenters. The maximum Gasteiger partial charge on any atom is 0.339 e. The van der Waals surface area contributed by atoms with Gasteiger partial charge in [-0.25, -0.2) is 9.78 Å². The number of thiazole rings is 1. The van der Waals surface area contributed by atoms with Crippen LogP contribution in [-0.2, 0) is 6.54 Å². The van der Waals surface area contributed by atoms with Gasteiger partial charge >= 0.3 is 5.97 Å².